The quantitative estimate of drug-likeness (QED) is 0.344. The van der Waals surface area contributed by atoms with E-state index in [1.54, 1.807) is 17.8 Å². The molecule has 3 aromatic rings. The van der Waals surface area contributed by atoms with Gasteiger partial charge in [0.25, 0.3) is 0 Å². The maximum absolute atomic E-state index is 13.0. The van der Waals surface area contributed by atoms with Crippen molar-refractivity contribution in [2.24, 2.45) is 0 Å². The zero-order chi connectivity index (χ0) is 28.0. The van der Waals surface area contributed by atoms with E-state index in [4.69, 9.17) is 9.72 Å². The first kappa shape index (κ1) is 29.3. The summed E-state index contributed by atoms with van der Waals surface area (Å²) in [4.78, 5) is 22.1. The van der Waals surface area contributed by atoms with E-state index in [9.17, 15) is 28.2 Å². The summed E-state index contributed by atoms with van der Waals surface area (Å²) in [6.07, 6.45) is -4.39. The average Bonchev–Trinajstić information content (AvgIpc) is 3.30. The standard InChI is InChI=1S/C27H30F3N3O4S2/c1-18-14-21(6-7-23(18)37-16-25(35)36)38-17-24-22(15-33-10-8-32(9-11-33)12-13-34)31-26(39-24)19-2-4-20(5-3-19)27(28,29)30/h2-7,14,34H,8-13,15-17H2,1H3,(H,35,36)/p-1. The largest absolute Gasteiger partial charge is 0.546 e. The molecule has 1 aliphatic heterocycles. The van der Waals surface area contributed by atoms with Gasteiger partial charge in [0.2, 0.25) is 0 Å². The van der Waals surface area contributed by atoms with Crippen molar-refractivity contribution in [3.05, 3.63) is 64.2 Å². The fourth-order valence-corrected chi connectivity index (χ4v) is 6.40. The molecule has 0 atom stereocenters. The number of halogens is 3. The van der Waals surface area contributed by atoms with Gasteiger partial charge in [-0.2, -0.15) is 13.2 Å². The Morgan fingerprint density at radius 3 is 2.44 bits per heavy atom. The van der Waals surface area contributed by atoms with Gasteiger partial charge in [0.05, 0.1) is 23.8 Å². The minimum Gasteiger partial charge on any atom is -0.546 e. The van der Waals surface area contributed by atoms with Crippen molar-refractivity contribution < 1.29 is 32.9 Å². The summed E-state index contributed by atoms with van der Waals surface area (Å²) in [5.41, 5.74) is 1.66. The lowest BCUT2D eigenvalue weighted by Gasteiger charge is -2.34. The number of thioether (sulfide) groups is 1. The van der Waals surface area contributed by atoms with Crippen LogP contribution in [0.4, 0.5) is 13.2 Å². The number of aliphatic hydroxyl groups excluding tert-OH is 1. The van der Waals surface area contributed by atoms with E-state index in [2.05, 4.69) is 9.80 Å². The van der Waals surface area contributed by atoms with Crippen LogP contribution in [0, 0.1) is 6.92 Å². The number of alkyl halides is 3. The highest BCUT2D eigenvalue weighted by Gasteiger charge is 2.30. The summed E-state index contributed by atoms with van der Waals surface area (Å²) >= 11 is 3.08. The molecular weight excluding hydrogens is 551 g/mol. The van der Waals surface area contributed by atoms with Crippen LogP contribution in [0.15, 0.2) is 47.4 Å². The van der Waals surface area contributed by atoms with Gasteiger partial charge in [0.1, 0.15) is 17.4 Å². The number of hydrogen-bond donors (Lipinski definition) is 1. The highest BCUT2D eigenvalue weighted by molar-refractivity contribution is 7.98. The van der Waals surface area contributed by atoms with Gasteiger partial charge >= 0.3 is 6.18 Å². The molecule has 1 saturated heterocycles. The lowest BCUT2D eigenvalue weighted by molar-refractivity contribution is -0.307. The maximum Gasteiger partial charge on any atom is 0.416 e. The summed E-state index contributed by atoms with van der Waals surface area (Å²) in [6.45, 7) is 6.13. The van der Waals surface area contributed by atoms with Gasteiger partial charge in [-0.1, -0.05) is 12.1 Å². The van der Waals surface area contributed by atoms with E-state index < -0.39 is 24.3 Å². The van der Waals surface area contributed by atoms with Gasteiger partial charge in [-0.25, -0.2) is 4.98 Å². The van der Waals surface area contributed by atoms with E-state index in [0.717, 1.165) is 59.3 Å². The number of β-amino-alcohol motifs (C(OH)–C–C–N with tert-alkyl or cyclic N) is 1. The lowest BCUT2D eigenvalue weighted by Crippen LogP contribution is -2.46. The Morgan fingerprint density at radius 2 is 1.82 bits per heavy atom. The van der Waals surface area contributed by atoms with Crippen molar-refractivity contribution in [1.82, 2.24) is 14.8 Å². The Balaban J connectivity index is 1.51. The number of carboxylic acid groups (broad SMARTS) is 1. The predicted molar refractivity (Wildman–Crippen MR) is 143 cm³/mol. The van der Waals surface area contributed by atoms with Gasteiger partial charge in [-0.3, -0.25) is 9.80 Å². The highest BCUT2D eigenvalue weighted by Crippen LogP contribution is 2.36. The Labute approximate surface area is 233 Å². The average molecular weight is 581 g/mol. The second-order valence-electron chi connectivity index (χ2n) is 9.18. The number of rotatable bonds is 11. The van der Waals surface area contributed by atoms with Crippen LogP contribution in [0.5, 0.6) is 5.75 Å². The first-order valence-electron chi connectivity index (χ1n) is 12.4. The molecule has 210 valence electrons. The number of thiazole rings is 1. The molecule has 1 aromatic heterocycles. The molecule has 0 bridgehead atoms. The van der Waals surface area contributed by atoms with Crippen LogP contribution in [-0.4, -0.2) is 71.8 Å². The van der Waals surface area contributed by atoms with E-state index in [0.29, 0.717) is 35.2 Å². The molecule has 0 spiro atoms. The molecule has 2 aromatic carbocycles. The molecule has 0 amide bonds. The first-order chi connectivity index (χ1) is 18.6. The number of aromatic nitrogens is 1. The SMILES string of the molecule is Cc1cc(SCc2sc(-c3ccc(C(F)(F)F)cc3)nc2CN2CCN(CCO)CC2)ccc1OCC(=O)[O-]. The van der Waals surface area contributed by atoms with E-state index >= 15 is 0 Å². The number of nitrogens with zero attached hydrogens (tertiary/aromatic N) is 3. The van der Waals surface area contributed by atoms with Gasteiger partial charge in [-0.15, -0.1) is 23.1 Å². The van der Waals surface area contributed by atoms with Crippen LogP contribution in [0.3, 0.4) is 0 Å². The third-order valence-corrected chi connectivity index (χ3v) is 8.70. The van der Waals surface area contributed by atoms with Gasteiger partial charge < -0.3 is 19.7 Å². The van der Waals surface area contributed by atoms with Crippen molar-refractivity contribution >= 4 is 29.1 Å². The summed E-state index contributed by atoms with van der Waals surface area (Å²) < 4.78 is 44.4. The molecule has 12 heteroatoms. The lowest BCUT2D eigenvalue weighted by atomic mass is 10.1. The molecule has 7 nitrogen and oxygen atoms in total. The summed E-state index contributed by atoms with van der Waals surface area (Å²) in [6, 6.07) is 10.6. The van der Waals surface area contributed by atoms with E-state index in [1.165, 1.54) is 23.5 Å². The fraction of sp³-hybridized carbons (Fsp3) is 0.407. The number of aliphatic hydroxyl groups is 1. The van der Waals surface area contributed by atoms with E-state index in [1.807, 2.05) is 19.1 Å². The number of ether oxygens (including phenoxy) is 1. The van der Waals surface area contributed by atoms with Gasteiger partial charge in [-0.05, 0) is 42.8 Å². The number of carboxylic acids is 1. The zero-order valence-corrected chi connectivity index (χ0v) is 23.0. The van der Waals surface area contributed by atoms with Gasteiger partial charge in [0.15, 0.2) is 0 Å². The summed E-state index contributed by atoms with van der Waals surface area (Å²) in [5.74, 6) is -0.187. The van der Waals surface area contributed by atoms with Crippen molar-refractivity contribution in [3.63, 3.8) is 0 Å². The van der Waals surface area contributed by atoms with Crippen molar-refractivity contribution in [2.75, 3.05) is 45.9 Å². The Morgan fingerprint density at radius 1 is 1.13 bits per heavy atom. The molecule has 0 unspecified atom stereocenters. The Hall–Kier alpha value is -2.64. The molecule has 0 radical (unpaired) electrons. The number of carbonyl (C=O) groups is 1. The molecule has 4 rings (SSSR count). The molecule has 0 aliphatic carbocycles. The molecule has 0 saturated carbocycles. The third-order valence-electron chi connectivity index (χ3n) is 6.35. The van der Waals surface area contributed by atoms with Crippen molar-refractivity contribution in [3.8, 4) is 16.3 Å². The molecule has 1 aliphatic rings. The number of piperazine rings is 1. The molecular formula is C27H29F3N3O4S2-. The first-order valence-corrected chi connectivity index (χ1v) is 14.2. The van der Waals surface area contributed by atoms with Crippen LogP contribution in [0.2, 0.25) is 0 Å². The van der Waals surface area contributed by atoms with Crippen molar-refractivity contribution in [2.45, 2.75) is 30.3 Å². The molecule has 1 fully saturated rings. The number of aliphatic carboxylic acids is 1. The molecule has 1 N–H and O–H groups in total. The molecule has 2 heterocycles. The number of aryl methyl sites for hydroxylation is 1. The minimum absolute atomic E-state index is 0.132. The second-order valence-corrected chi connectivity index (χ2v) is 11.3. The zero-order valence-electron chi connectivity index (χ0n) is 21.4. The topological polar surface area (TPSA) is 89.0 Å². The van der Waals surface area contributed by atoms with Crippen molar-refractivity contribution in [1.29, 1.82) is 0 Å². The third kappa shape index (κ3) is 8.18. The van der Waals surface area contributed by atoms with Crippen LogP contribution in [-0.2, 0) is 23.3 Å². The second kappa shape index (κ2) is 13.1. The smallest absolute Gasteiger partial charge is 0.416 e. The Kier molecular flexibility index (Phi) is 9.89. The summed E-state index contributed by atoms with van der Waals surface area (Å²) in [5, 5.41) is 20.6. The summed E-state index contributed by atoms with van der Waals surface area (Å²) in [7, 11) is 0. The highest BCUT2D eigenvalue weighted by atomic mass is 32.2. The number of hydrogen-bond acceptors (Lipinski definition) is 9. The predicted octanol–water partition coefficient (Wildman–Crippen LogP) is 3.67. The van der Waals surface area contributed by atoms with Crippen LogP contribution in [0.1, 0.15) is 21.7 Å². The monoisotopic (exact) mass is 580 g/mol. The van der Waals surface area contributed by atoms with Crippen LogP contribution < -0.4 is 9.84 Å². The minimum atomic E-state index is -4.39. The number of carbonyl (C=O) groups excluding carboxylic acids is 1. The van der Waals surface area contributed by atoms with Gasteiger partial charge in [0, 0.05) is 60.4 Å². The normalized spacial score (nSPS) is 15.0. The Bertz CT molecular complexity index is 1260. The number of benzene rings is 2. The van der Waals surface area contributed by atoms with Crippen LogP contribution in [0.25, 0.3) is 10.6 Å². The maximum atomic E-state index is 13.0. The fourth-order valence-electron chi connectivity index (χ4n) is 4.23. The molecule has 39 heavy (non-hydrogen) atoms. The van der Waals surface area contributed by atoms with Crippen LogP contribution >= 0.6 is 23.1 Å². The van der Waals surface area contributed by atoms with E-state index in [-0.39, 0.29) is 6.61 Å².